The van der Waals surface area contributed by atoms with Crippen LogP contribution in [0.15, 0.2) is 42.0 Å². The molecule has 0 bridgehead atoms. The molecule has 0 unspecified atom stereocenters. The molecule has 0 atom stereocenters. The maximum absolute atomic E-state index is 2.35. The van der Waals surface area contributed by atoms with E-state index in [2.05, 4.69) is 38.2 Å². The minimum Gasteiger partial charge on any atom is -0.147 e. The van der Waals surface area contributed by atoms with Gasteiger partial charge in [0, 0.05) is 0 Å². The Bertz CT molecular complexity index is 340. The molecule has 0 saturated heterocycles. The van der Waals surface area contributed by atoms with Gasteiger partial charge in [-0.2, -0.15) is 0 Å². The first kappa shape index (κ1) is 17.4. The van der Waals surface area contributed by atoms with Crippen LogP contribution in [0.5, 0.6) is 0 Å². The largest absolute Gasteiger partial charge is 0.147 e. The minimum absolute atomic E-state index is 0. The van der Waals surface area contributed by atoms with E-state index in [0.29, 0.717) is 0 Å². The average Bonchev–Trinajstić information content (AvgIpc) is 2.87. The molecule has 0 aliphatic heterocycles. The molecule has 3 heteroatoms. The Kier molecular flexibility index (Phi) is 8.72. The van der Waals surface area contributed by atoms with Crippen LogP contribution in [0.25, 0.3) is 0 Å². The van der Waals surface area contributed by atoms with E-state index in [1.165, 1.54) is 25.7 Å². The molecule has 2 aliphatic carbocycles. The van der Waals surface area contributed by atoms with Crippen molar-refractivity contribution in [3.05, 3.63) is 42.0 Å². The van der Waals surface area contributed by atoms with Gasteiger partial charge in [-0.1, -0.05) is 0 Å². The van der Waals surface area contributed by atoms with Crippen molar-refractivity contribution in [1.82, 2.24) is 0 Å². The van der Waals surface area contributed by atoms with Gasteiger partial charge in [0.05, 0.1) is 0 Å². The Hall–Kier alpha value is 0.423. The summed E-state index contributed by atoms with van der Waals surface area (Å²) in [4.78, 5) is 0. The van der Waals surface area contributed by atoms with Gasteiger partial charge in [-0.3, -0.25) is 0 Å². The van der Waals surface area contributed by atoms with Crippen molar-refractivity contribution in [2.24, 2.45) is 0 Å². The predicted molar refractivity (Wildman–Crippen MR) is 76.6 cm³/mol. The monoisotopic (exact) mass is 348 g/mol. The summed E-state index contributed by atoms with van der Waals surface area (Å²) in [6.07, 6.45) is 14.4. The van der Waals surface area contributed by atoms with Gasteiger partial charge in [-0.15, -0.1) is 24.8 Å². The number of allylic oxidation sites excluding steroid dienone is 8. The third-order valence-electron chi connectivity index (χ3n) is 3.12. The number of hydrogen-bond donors (Lipinski definition) is 0. The molecule has 17 heavy (non-hydrogen) atoms. The Labute approximate surface area is 129 Å². The summed E-state index contributed by atoms with van der Waals surface area (Å²) in [6.45, 7) is 4.57. The second-order valence-electron chi connectivity index (χ2n) is 4.05. The summed E-state index contributed by atoms with van der Waals surface area (Å²) in [6, 6.07) is 0. The fraction of sp³-hybridized carbons (Fsp3) is 0.429. The van der Waals surface area contributed by atoms with E-state index >= 15 is 0 Å². The quantitative estimate of drug-likeness (QED) is 0.657. The van der Waals surface area contributed by atoms with Crippen molar-refractivity contribution in [3.8, 4) is 0 Å². The van der Waals surface area contributed by atoms with Gasteiger partial charge < -0.3 is 0 Å². The maximum atomic E-state index is 2.35. The topological polar surface area (TPSA) is 0 Å². The molecular formula is C14H20Cl2Zr. The van der Waals surface area contributed by atoms with E-state index in [-0.39, 0.29) is 24.8 Å². The molecule has 0 aromatic rings. The van der Waals surface area contributed by atoms with E-state index in [1.807, 2.05) is 6.56 Å². The first-order valence-electron chi connectivity index (χ1n) is 5.89. The predicted octanol–water partition coefficient (Wildman–Crippen LogP) is 5.16. The molecule has 2 aliphatic rings. The van der Waals surface area contributed by atoms with Crippen molar-refractivity contribution >= 4 is 24.8 Å². The van der Waals surface area contributed by atoms with Crippen LogP contribution in [0.2, 0.25) is 0 Å². The number of halogens is 2. The molecule has 0 aromatic carbocycles. The van der Waals surface area contributed by atoms with Crippen molar-refractivity contribution < 1.29 is 23.2 Å². The van der Waals surface area contributed by atoms with E-state index in [0.717, 1.165) is 0 Å². The van der Waals surface area contributed by atoms with Crippen LogP contribution in [-0.2, 0) is 23.2 Å². The van der Waals surface area contributed by atoms with Crippen molar-refractivity contribution in [1.29, 1.82) is 0 Å². The van der Waals surface area contributed by atoms with Gasteiger partial charge in [0.1, 0.15) is 0 Å². The van der Waals surface area contributed by atoms with Gasteiger partial charge in [-0.25, -0.2) is 0 Å². The normalized spacial score (nSPS) is 17.3. The molecule has 0 N–H and O–H groups in total. The zero-order valence-electron chi connectivity index (χ0n) is 10.5. The molecular weight excluding hydrogens is 330 g/mol. The summed E-state index contributed by atoms with van der Waals surface area (Å²) >= 11 is -0.417. The first-order valence-corrected chi connectivity index (χ1v) is 8.35. The van der Waals surface area contributed by atoms with E-state index in [1.54, 1.807) is 11.1 Å². The Morgan fingerprint density at radius 2 is 1.29 bits per heavy atom. The zero-order valence-corrected chi connectivity index (χ0v) is 14.5. The Morgan fingerprint density at radius 3 is 1.65 bits per heavy atom. The van der Waals surface area contributed by atoms with Crippen molar-refractivity contribution in [2.45, 2.75) is 39.5 Å². The van der Waals surface area contributed by atoms with Crippen LogP contribution >= 0.6 is 24.8 Å². The van der Waals surface area contributed by atoms with Crippen LogP contribution < -0.4 is 0 Å². The first-order chi connectivity index (χ1) is 7.35. The molecule has 0 heterocycles. The van der Waals surface area contributed by atoms with Crippen LogP contribution in [0, 0.1) is 0 Å². The molecule has 0 radical (unpaired) electrons. The van der Waals surface area contributed by atoms with Crippen molar-refractivity contribution in [3.63, 3.8) is 0 Å². The van der Waals surface area contributed by atoms with Gasteiger partial charge >= 0.3 is 105 Å². The smallest absolute Gasteiger partial charge is 0.147 e. The van der Waals surface area contributed by atoms with Gasteiger partial charge in [0.25, 0.3) is 0 Å². The van der Waals surface area contributed by atoms with Crippen LogP contribution in [0.3, 0.4) is 0 Å². The van der Waals surface area contributed by atoms with Crippen LogP contribution in [-0.4, -0.2) is 0 Å². The molecule has 0 spiro atoms. The second-order valence-corrected chi connectivity index (χ2v) is 7.63. The van der Waals surface area contributed by atoms with Crippen molar-refractivity contribution in [2.75, 3.05) is 0 Å². The zero-order chi connectivity index (χ0) is 10.7. The Morgan fingerprint density at radius 1 is 0.882 bits per heavy atom. The summed E-state index contributed by atoms with van der Waals surface area (Å²) in [5, 5.41) is 0. The summed E-state index contributed by atoms with van der Waals surface area (Å²) in [7, 11) is 0. The molecule has 2 rings (SSSR count). The van der Waals surface area contributed by atoms with Crippen LogP contribution in [0.1, 0.15) is 39.5 Å². The van der Waals surface area contributed by atoms with Gasteiger partial charge in [-0.05, 0) is 0 Å². The van der Waals surface area contributed by atoms with E-state index in [4.69, 9.17) is 0 Å². The minimum atomic E-state index is -0.417. The summed E-state index contributed by atoms with van der Waals surface area (Å²) < 4.78 is 3.65. The standard InChI is InChI=1S/2C7H9.2ClH.Zr/c2*1-2-7-5-3-4-6-7;;;/h2*3,5H,2,4H2,1H3;2*1H;. The molecule has 0 nitrogen and oxygen atoms in total. The van der Waals surface area contributed by atoms with E-state index in [9.17, 15) is 0 Å². The molecule has 94 valence electrons. The number of rotatable bonds is 4. The summed E-state index contributed by atoms with van der Waals surface area (Å²) in [5.41, 5.74) is 3.30. The van der Waals surface area contributed by atoms with Gasteiger partial charge in [0.15, 0.2) is 0 Å². The molecule has 0 aromatic heterocycles. The third kappa shape index (κ3) is 4.23. The third-order valence-corrected chi connectivity index (χ3v) is 7.19. The fourth-order valence-corrected chi connectivity index (χ4v) is 6.25. The average molecular weight is 350 g/mol. The molecule has 0 amide bonds. The van der Waals surface area contributed by atoms with Crippen LogP contribution in [0.4, 0.5) is 0 Å². The van der Waals surface area contributed by atoms with Gasteiger partial charge in [0.2, 0.25) is 0 Å². The molecule has 0 fully saturated rings. The fourth-order valence-electron chi connectivity index (χ4n) is 2.21. The Balaban J connectivity index is 0.00000128. The SMILES string of the molecule is CCC1=[C]([Zr][C]2=C(CC)C=CC2)CC=C1.Cl.Cl. The van der Waals surface area contributed by atoms with E-state index < -0.39 is 23.2 Å². The molecule has 0 saturated carbocycles. The summed E-state index contributed by atoms with van der Waals surface area (Å²) in [5.74, 6) is 0. The second kappa shape index (κ2) is 8.51. The maximum Gasteiger partial charge on any atom is -0.147 e. The number of hydrogen-bond acceptors (Lipinski definition) is 0.